The van der Waals surface area contributed by atoms with E-state index in [1.807, 2.05) is 0 Å². The maximum Gasteiger partial charge on any atom is 0.0278 e. The summed E-state index contributed by atoms with van der Waals surface area (Å²) in [6.07, 6.45) is 3.89. The largest absolute Gasteiger partial charge is 0.309 e. The van der Waals surface area contributed by atoms with Crippen LogP contribution in [0.1, 0.15) is 53.9 Å². The van der Waals surface area contributed by atoms with Crippen LogP contribution in [0.5, 0.6) is 0 Å². The van der Waals surface area contributed by atoms with Crippen LogP contribution in [-0.2, 0) is 0 Å². The molecule has 2 heterocycles. The number of hydrogen-bond donors (Lipinski definition) is 1. The van der Waals surface area contributed by atoms with Crippen molar-refractivity contribution in [2.24, 2.45) is 5.92 Å². The molecule has 0 spiro atoms. The molecule has 2 fully saturated rings. The minimum absolute atomic E-state index is 0.321. The molecule has 2 rings (SSSR count). The van der Waals surface area contributed by atoms with Gasteiger partial charge in [-0.2, -0.15) is 0 Å². The molecule has 20 heavy (non-hydrogen) atoms. The van der Waals surface area contributed by atoms with E-state index in [0.29, 0.717) is 11.6 Å². The molecular formula is C17H35N3. The molecular weight excluding hydrogens is 246 g/mol. The van der Waals surface area contributed by atoms with Gasteiger partial charge >= 0.3 is 0 Å². The SMILES string of the molecule is CCC1CNC(C)(CC)CN1CC1CCN(C(C)C)C1. The van der Waals surface area contributed by atoms with E-state index in [2.05, 4.69) is 49.7 Å². The van der Waals surface area contributed by atoms with Crippen LogP contribution in [0.3, 0.4) is 0 Å². The lowest BCUT2D eigenvalue weighted by Crippen LogP contribution is -2.63. The van der Waals surface area contributed by atoms with Crippen molar-refractivity contribution in [2.45, 2.75) is 71.5 Å². The van der Waals surface area contributed by atoms with Crippen LogP contribution in [0, 0.1) is 5.92 Å². The number of piperazine rings is 1. The third kappa shape index (κ3) is 3.75. The Morgan fingerprint density at radius 1 is 1.30 bits per heavy atom. The van der Waals surface area contributed by atoms with E-state index < -0.39 is 0 Å². The lowest BCUT2D eigenvalue weighted by atomic mass is 9.91. The van der Waals surface area contributed by atoms with Crippen molar-refractivity contribution in [3.8, 4) is 0 Å². The predicted octanol–water partition coefficient (Wildman–Crippen LogP) is 2.57. The first kappa shape index (κ1) is 16.3. The van der Waals surface area contributed by atoms with Crippen molar-refractivity contribution in [1.82, 2.24) is 15.1 Å². The Morgan fingerprint density at radius 3 is 2.60 bits per heavy atom. The second-order valence-corrected chi connectivity index (χ2v) is 7.53. The standard InChI is InChI=1S/C17H35N3/c1-6-16-10-18-17(5,7-2)13-20(16)12-15-8-9-19(11-15)14(3)4/h14-16,18H,6-13H2,1-5H3. The number of rotatable bonds is 5. The van der Waals surface area contributed by atoms with E-state index in [4.69, 9.17) is 0 Å². The lowest BCUT2D eigenvalue weighted by Gasteiger charge is -2.46. The van der Waals surface area contributed by atoms with Crippen LogP contribution in [0.15, 0.2) is 0 Å². The zero-order valence-corrected chi connectivity index (χ0v) is 14.3. The molecule has 118 valence electrons. The highest BCUT2D eigenvalue weighted by atomic mass is 15.3. The molecule has 0 aliphatic carbocycles. The zero-order chi connectivity index (χ0) is 14.8. The molecule has 3 atom stereocenters. The molecule has 2 saturated heterocycles. The Morgan fingerprint density at radius 2 is 2.05 bits per heavy atom. The van der Waals surface area contributed by atoms with Crippen LogP contribution in [-0.4, -0.2) is 60.1 Å². The first-order valence-electron chi connectivity index (χ1n) is 8.70. The van der Waals surface area contributed by atoms with Gasteiger partial charge in [0.15, 0.2) is 0 Å². The summed E-state index contributed by atoms with van der Waals surface area (Å²) in [6.45, 7) is 18.0. The Bertz CT molecular complexity index is 305. The van der Waals surface area contributed by atoms with Gasteiger partial charge in [-0.3, -0.25) is 4.90 Å². The van der Waals surface area contributed by atoms with Gasteiger partial charge in [0.2, 0.25) is 0 Å². The maximum absolute atomic E-state index is 3.78. The first-order chi connectivity index (χ1) is 9.47. The summed E-state index contributed by atoms with van der Waals surface area (Å²) in [7, 11) is 0. The van der Waals surface area contributed by atoms with Crippen molar-refractivity contribution < 1.29 is 0 Å². The van der Waals surface area contributed by atoms with Crippen LogP contribution < -0.4 is 5.32 Å². The minimum atomic E-state index is 0.321. The van der Waals surface area contributed by atoms with Crippen molar-refractivity contribution in [2.75, 3.05) is 32.7 Å². The number of nitrogens with zero attached hydrogens (tertiary/aromatic N) is 2. The smallest absolute Gasteiger partial charge is 0.0278 e. The number of nitrogens with one attached hydrogen (secondary N) is 1. The van der Waals surface area contributed by atoms with E-state index in [1.54, 1.807) is 0 Å². The third-order valence-corrected chi connectivity index (χ3v) is 5.62. The maximum atomic E-state index is 3.78. The quantitative estimate of drug-likeness (QED) is 0.835. The molecule has 0 aromatic rings. The Kier molecular flexibility index (Phi) is 5.49. The highest BCUT2D eigenvalue weighted by Gasteiger charge is 2.35. The van der Waals surface area contributed by atoms with Gasteiger partial charge in [0.25, 0.3) is 0 Å². The van der Waals surface area contributed by atoms with Gasteiger partial charge in [-0.05, 0) is 52.5 Å². The zero-order valence-electron chi connectivity index (χ0n) is 14.3. The molecule has 3 heteroatoms. The second-order valence-electron chi connectivity index (χ2n) is 7.53. The average Bonchev–Trinajstić information content (AvgIpc) is 2.88. The summed E-state index contributed by atoms with van der Waals surface area (Å²) in [6, 6.07) is 1.45. The van der Waals surface area contributed by atoms with Crippen LogP contribution in [0.4, 0.5) is 0 Å². The van der Waals surface area contributed by atoms with Crippen molar-refractivity contribution in [1.29, 1.82) is 0 Å². The van der Waals surface area contributed by atoms with Crippen molar-refractivity contribution in [3.63, 3.8) is 0 Å². The minimum Gasteiger partial charge on any atom is -0.309 e. The highest BCUT2D eigenvalue weighted by molar-refractivity contribution is 4.95. The monoisotopic (exact) mass is 281 g/mol. The summed E-state index contributed by atoms with van der Waals surface area (Å²) in [4.78, 5) is 5.43. The average molecular weight is 281 g/mol. The Labute approximate surface area is 126 Å². The molecule has 0 aromatic heterocycles. The molecule has 3 unspecified atom stereocenters. The van der Waals surface area contributed by atoms with E-state index >= 15 is 0 Å². The molecule has 0 aromatic carbocycles. The van der Waals surface area contributed by atoms with E-state index in [9.17, 15) is 0 Å². The molecule has 0 bridgehead atoms. The van der Waals surface area contributed by atoms with Crippen LogP contribution >= 0.6 is 0 Å². The molecule has 1 N–H and O–H groups in total. The van der Waals surface area contributed by atoms with Gasteiger partial charge < -0.3 is 10.2 Å². The topological polar surface area (TPSA) is 18.5 Å². The van der Waals surface area contributed by atoms with E-state index in [1.165, 1.54) is 52.0 Å². The summed E-state index contributed by atoms with van der Waals surface area (Å²) in [5, 5.41) is 3.78. The molecule has 3 nitrogen and oxygen atoms in total. The first-order valence-corrected chi connectivity index (χ1v) is 8.70. The predicted molar refractivity (Wildman–Crippen MR) is 87.2 cm³/mol. The second kappa shape index (κ2) is 6.76. The lowest BCUT2D eigenvalue weighted by molar-refractivity contribution is 0.0677. The van der Waals surface area contributed by atoms with Gasteiger partial charge in [-0.15, -0.1) is 0 Å². The van der Waals surface area contributed by atoms with Crippen LogP contribution in [0.2, 0.25) is 0 Å². The van der Waals surface area contributed by atoms with E-state index in [-0.39, 0.29) is 0 Å². The Hall–Kier alpha value is -0.120. The Balaban J connectivity index is 1.92. The van der Waals surface area contributed by atoms with Gasteiger partial charge in [-0.25, -0.2) is 0 Å². The third-order valence-electron chi connectivity index (χ3n) is 5.62. The van der Waals surface area contributed by atoms with Gasteiger partial charge in [0.05, 0.1) is 0 Å². The normalized spacial score (nSPS) is 36.9. The van der Waals surface area contributed by atoms with Gasteiger partial charge in [0.1, 0.15) is 0 Å². The van der Waals surface area contributed by atoms with Crippen LogP contribution in [0.25, 0.3) is 0 Å². The fourth-order valence-corrected chi connectivity index (χ4v) is 3.79. The van der Waals surface area contributed by atoms with E-state index in [0.717, 1.165) is 12.0 Å². The van der Waals surface area contributed by atoms with Gasteiger partial charge in [0, 0.05) is 43.8 Å². The fourth-order valence-electron chi connectivity index (χ4n) is 3.79. The number of hydrogen-bond acceptors (Lipinski definition) is 3. The summed E-state index contributed by atoms with van der Waals surface area (Å²) < 4.78 is 0. The fraction of sp³-hybridized carbons (Fsp3) is 1.00. The van der Waals surface area contributed by atoms with Crippen molar-refractivity contribution >= 4 is 0 Å². The molecule has 0 radical (unpaired) electrons. The molecule has 0 saturated carbocycles. The van der Waals surface area contributed by atoms with Crippen molar-refractivity contribution in [3.05, 3.63) is 0 Å². The molecule has 2 aliphatic rings. The summed E-state index contributed by atoms with van der Waals surface area (Å²) >= 11 is 0. The summed E-state index contributed by atoms with van der Waals surface area (Å²) in [5.74, 6) is 0.880. The number of likely N-dealkylation sites (tertiary alicyclic amines) is 1. The van der Waals surface area contributed by atoms with Gasteiger partial charge in [-0.1, -0.05) is 13.8 Å². The summed E-state index contributed by atoms with van der Waals surface area (Å²) in [5.41, 5.74) is 0.321. The highest BCUT2D eigenvalue weighted by Crippen LogP contribution is 2.25. The molecule has 0 amide bonds. The molecule has 2 aliphatic heterocycles.